The molecule has 0 aliphatic rings. The van der Waals surface area contributed by atoms with Crippen LogP contribution in [0.5, 0.6) is 0 Å². The van der Waals surface area contributed by atoms with Crippen molar-refractivity contribution in [2.45, 2.75) is 13.1 Å². The quantitative estimate of drug-likeness (QED) is 0.136. The second-order valence-electron chi connectivity index (χ2n) is 22.6. The van der Waals surface area contributed by atoms with Crippen LogP contribution in [0.2, 0.25) is 0 Å². The van der Waals surface area contributed by atoms with E-state index in [2.05, 4.69) is 52.1 Å². The largest absolute Gasteiger partial charge is 0.417 e. The molecule has 99 heavy (non-hydrogen) atoms. The van der Waals surface area contributed by atoms with Gasteiger partial charge in [-0.25, -0.2) is 33.9 Å². The van der Waals surface area contributed by atoms with Crippen LogP contribution in [0.3, 0.4) is 0 Å². The Labute approximate surface area is 562 Å². The molecule has 13 aromatic rings. The first-order valence-corrected chi connectivity index (χ1v) is 29.4. The van der Waals surface area contributed by atoms with E-state index in [1.54, 1.807) is 122 Å². The highest BCUT2D eigenvalue weighted by atomic mass is 19.4. The van der Waals surface area contributed by atoms with Crippen molar-refractivity contribution in [1.82, 2.24) is 9.13 Å². The van der Waals surface area contributed by atoms with Gasteiger partial charge in [0.1, 0.15) is 0 Å². The van der Waals surface area contributed by atoms with Gasteiger partial charge in [0, 0.05) is 66.2 Å². The van der Waals surface area contributed by atoms with Gasteiger partial charge in [-0.15, -0.1) is 0 Å². The van der Waals surface area contributed by atoms with Gasteiger partial charge in [0.15, 0.2) is 39.8 Å². The molecule has 0 N–H and O–H groups in total. The van der Waals surface area contributed by atoms with E-state index in [1.165, 1.54) is 54.6 Å². The molecule has 0 unspecified atom stereocenters. The number of hydrogen-bond acceptors (Lipinski definition) is 6. The minimum atomic E-state index is -4.83. The summed E-state index contributed by atoms with van der Waals surface area (Å²) in [6.07, 6.45) is -4.83. The Morgan fingerprint density at radius 2 is 0.737 bits per heavy atom. The maximum Gasteiger partial charge on any atom is 0.417 e. The number of halogens is 3. The van der Waals surface area contributed by atoms with Crippen molar-refractivity contribution >= 4 is 83.4 Å². The van der Waals surface area contributed by atoms with E-state index in [-0.39, 0.29) is 118 Å². The van der Waals surface area contributed by atoms with Gasteiger partial charge in [-0.1, -0.05) is 54.6 Å². The van der Waals surface area contributed by atoms with E-state index in [0.29, 0.717) is 82.8 Å². The molecule has 18 heteroatoms. The third-order valence-corrected chi connectivity index (χ3v) is 17.4. The summed E-state index contributed by atoms with van der Waals surface area (Å²) in [5.41, 5.74) is 6.02. The molecule has 0 spiro atoms. The lowest BCUT2D eigenvalue weighted by Gasteiger charge is -2.21. The van der Waals surface area contributed by atoms with Crippen LogP contribution in [-0.4, -0.2) is 9.13 Å². The van der Waals surface area contributed by atoms with E-state index in [1.807, 2.05) is 27.3 Å². The van der Waals surface area contributed by atoms with Gasteiger partial charge in [-0.3, -0.25) is 0 Å². The number of hydrogen-bond donors (Lipinski definition) is 0. The molecular weight excluding hydrogens is 1240 g/mol. The zero-order valence-electron chi connectivity index (χ0n) is 51.1. The van der Waals surface area contributed by atoms with E-state index in [0.717, 1.165) is 6.07 Å². The van der Waals surface area contributed by atoms with Crippen LogP contribution >= 0.6 is 0 Å². The van der Waals surface area contributed by atoms with Crippen molar-refractivity contribution in [2.24, 2.45) is 0 Å². The Morgan fingerprint density at radius 3 is 1.16 bits per heavy atom. The van der Waals surface area contributed by atoms with Gasteiger partial charge in [-0.05, 0) is 184 Å². The maximum atomic E-state index is 15.4. The molecule has 0 radical (unpaired) electrons. The van der Waals surface area contributed by atoms with Gasteiger partial charge in [-0.2, -0.15) is 44.7 Å². The van der Waals surface area contributed by atoms with E-state index < -0.39 is 11.7 Å². The lowest BCUT2D eigenvalue weighted by molar-refractivity contribution is -0.137. The van der Waals surface area contributed by atoms with Crippen LogP contribution in [0, 0.1) is 121 Å². The molecule has 2 aromatic heterocycles. The molecule has 2 heterocycles. The number of aromatic nitrogens is 2. The number of rotatable bonds is 8. The Hall–Kier alpha value is -15.8. The number of nitrogens with zero attached hydrogens (tertiary/aromatic N) is 15. The van der Waals surface area contributed by atoms with Crippen LogP contribution in [0.25, 0.3) is 156 Å². The molecule has 0 amide bonds. The van der Waals surface area contributed by atoms with Gasteiger partial charge in [0.25, 0.3) is 0 Å². The third-order valence-electron chi connectivity index (χ3n) is 17.4. The Balaban J connectivity index is 1.14. The summed E-state index contributed by atoms with van der Waals surface area (Å²) in [5, 5.41) is 63.3. The molecule has 0 saturated carbocycles. The van der Waals surface area contributed by atoms with Crippen molar-refractivity contribution in [3.63, 3.8) is 0 Å². The molecule has 0 aliphatic heterocycles. The smallest absolute Gasteiger partial charge is 0.309 e. The first-order valence-electron chi connectivity index (χ1n) is 29.4. The normalized spacial score (nSPS) is 10.7. The Bertz CT molecular complexity index is 6040. The molecule has 0 aliphatic carbocycles. The summed E-state index contributed by atoms with van der Waals surface area (Å²) in [7, 11) is 0. The first-order chi connectivity index (χ1) is 48.0. The van der Waals surface area contributed by atoms with Crippen molar-refractivity contribution in [2.75, 3.05) is 0 Å². The fraction of sp³-hybridized carbons (Fsp3) is 0.0247. The highest BCUT2D eigenvalue weighted by molar-refractivity contribution is 6.15. The molecule has 0 fully saturated rings. The highest BCUT2D eigenvalue weighted by Crippen LogP contribution is 2.50. The predicted octanol–water partition coefficient (Wildman–Crippen LogP) is 22.3. The number of benzene rings is 11. The first kappa shape index (κ1) is 62.0. The van der Waals surface area contributed by atoms with Crippen LogP contribution in [0.4, 0.5) is 53.0 Å². The Kier molecular flexibility index (Phi) is 15.2. The van der Waals surface area contributed by atoms with Crippen molar-refractivity contribution in [3.05, 3.63) is 300 Å². The number of nitriles is 6. The molecule has 452 valence electrons. The average Bonchev–Trinajstić information content (AvgIpc) is 1.60. The van der Waals surface area contributed by atoms with Crippen LogP contribution in [0.1, 0.15) is 44.5 Å². The summed E-state index contributed by atoms with van der Waals surface area (Å²) >= 11 is 0. The molecule has 11 aromatic carbocycles. The molecule has 13 rings (SSSR count). The summed E-state index contributed by atoms with van der Waals surface area (Å²) in [6.45, 7) is 59.0. The summed E-state index contributed by atoms with van der Waals surface area (Å²) in [4.78, 5) is 26.2. The molecular formula is C81H32F3N15. The summed E-state index contributed by atoms with van der Waals surface area (Å²) < 4.78 is 49.9. The van der Waals surface area contributed by atoms with Crippen LogP contribution in [-0.2, 0) is 6.18 Å². The fourth-order valence-corrected chi connectivity index (χ4v) is 13.2. The highest BCUT2D eigenvalue weighted by Gasteiger charge is 2.35. The molecule has 0 saturated heterocycles. The number of alkyl halides is 3. The lowest BCUT2D eigenvalue weighted by atomic mass is 9.91. The van der Waals surface area contributed by atoms with E-state index in [9.17, 15) is 31.6 Å². The zero-order chi connectivity index (χ0) is 69.7. The number of aryl methyl sites for hydroxylation is 1. The fourth-order valence-electron chi connectivity index (χ4n) is 13.2. The van der Waals surface area contributed by atoms with Crippen LogP contribution < -0.4 is 0 Å². The SMILES string of the molecule is [C-]#[N+]c1cc(C#N)c(-c2ccc3c(c2)c2cc(-c4c(C#N)cc(C#N)cc4[N+]#[C-])ccc2n3-c2ccc(-c3c(C)cccc3C(F)(F)F)cc2-c2cc(-n3c4ccc(-c5c(C#N)cc(C#N)cc5[N+]#[C-])cc4c4cc(-c5c([N+]#[C-])cc(C#N)cc5[N+]#[C-])ccc43)ccc2[N+]#[C-])c([N+]#[C-])c1. The van der Waals surface area contributed by atoms with Gasteiger partial charge in [0.2, 0.25) is 0 Å². The zero-order valence-corrected chi connectivity index (χ0v) is 51.1. The van der Waals surface area contributed by atoms with Crippen molar-refractivity contribution in [3.8, 4) is 115 Å². The van der Waals surface area contributed by atoms with Crippen LogP contribution in [0.15, 0.2) is 176 Å². The van der Waals surface area contributed by atoms with E-state index >= 15 is 13.2 Å². The number of fused-ring (bicyclic) bond motifs is 6. The van der Waals surface area contributed by atoms with E-state index in [4.69, 9.17) is 46.0 Å². The second-order valence-corrected chi connectivity index (χ2v) is 22.6. The average molecular weight is 1270 g/mol. The topological polar surface area (TPSA) is 183 Å². The molecule has 0 atom stereocenters. The molecule has 15 nitrogen and oxygen atoms in total. The molecule has 0 bridgehead atoms. The minimum absolute atomic E-state index is 0.0149. The lowest BCUT2D eigenvalue weighted by Crippen LogP contribution is -2.08. The summed E-state index contributed by atoms with van der Waals surface area (Å²) in [5.74, 6) is 0. The Morgan fingerprint density at radius 1 is 0.343 bits per heavy atom. The minimum Gasteiger partial charge on any atom is -0.309 e. The monoisotopic (exact) mass is 1270 g/mol. The van der Waals surface area contributed by atoms with Gasteiger partial charge in [0.05, 0.1) is 127 Å². The van der Waals surface area contributed by atoms with Crippen molar-refractivity contribution in [1.29, 1.82) is 31.6 Å². The van der Waals surface area contributed by atoms with Gasteiger partial charge < -0.3 is 9.13 Å². The van der Waals surface area contributed by atoms with Crippen molar-refractivity contribution < 1.29 is 13.2 Å². The maximum absolute atomic E-state index is 15.4. The van der Waals surface area contributed by atoms with Gasteiger partial charge >= 0.3 is 6.18 Å². The predicted molar refractivity (Wildman–Crippen MR) is 370 cm³/mol. The second kappa shape index (κ2) is 24.3. The third kappa shape index (κ3) is 10.1. The standard InChI is InChI=1S/C81H32F3N15/c1-44-10-9-11-64(81(82,83)84)76(44)48-12-21-73(99-74-22-14-50(78-54(42-89)25-46(39-86)27-67(78)94-5)33-62(74)63-34-51(15-23-75(63)99)79-55(43-90)30-56(91-2)36-70(79)97-8)59(31-48)58-37-57(17-18-65(58)92-3)98-71-19-13-49(77-53(41-88)24-45(38-85)26-66(77)93-4)32-60(71)61-35-52(16-20-72(61)98)80-68(95-6)28-47(40-87)29-69(80)96-7/h9-37H,1H3. The summed E-state index contributed by atoms with van der Waals surface area (Å²) in [6, 6.07) is 58.3.